The van der Waals surface area contributed by atoms with E-state index in [1.165, 1.54) is 0 Å². The van der Waals surface area contributed by atoms with Crippen LogP contribution >= 0.6 is 0 Å². The molecule has 0 aromatic carbocycles. The molecule has 1 rings (SSSR count). The summed E-state index contributed by atoms with van der Waals surface area (Å²) in [6.45, 7) is 1.73. The highest BCUT2D eigenvalue weighted by molar-refractivity contribution is 5.01. The second-order valence-corrected chi connectivity index (χ2v) is 2.88. The maximum Gasteiger partial charge on any atom is 0.0714 e. The Morgan fingerprint density at radius 1 is 1.55 bits per heavy atom. The summed E-state index contributed by atoms with van der Waals surface area (Å²) in [6.07, 6.45) is 7.55. The first-order valence-electron chi connectivity index (χ1n) is 4.09. The van der Waals surface area contributed by atoms with Crippen molar-refractivity contribution in [3.05, 3.63) is 0 Å². The van der Waals surface area contributed by atoms with E-state index in [1.54, 1.807) is 0 Å². The number of hydrogen-bond donors (Lipinski definition) is 1. The highest BCUT2D eigenvalue weighted by atomic mass is 16.5. The van der Waals surface area contributed by atoms with Gasteiger partial charge in [-0.15, -0.1) is 6.42 Å². The first-order valence-corrected chi connectivity index (χ1v) is 4.09. The van der Waals surface area contributed by atoms with Crippen LogP contribution < -0.4 is 5.32 Å². The van der Waals surface area contributed by atoms with Gasteiger partial charge in [0, 0.05) is 13.2 Å². The van der Waals surface area contributed by atoms with E-state index in [1.807, 2.05) is 7.05 Å². The number of rotatable bonds is 2. The average molecular weight is 153 g/mol. The molecule has 11 heavy (non-hydrogen) atoms. The van der Waals surface area contributed by atoms with Gasteiger partial charge < -0.3 is 10.1 Å². The molecule has 0 aromatic heterocycles. The Bertz CT molecular complexity index is 144. The van der Waals surface area contributed by atoms with Gasteiger partial charge in [0.25, 0.3) is 0 Å². The van der Waals surface area contributed by atoms with Crippen molar-refractivity contribution in [1.82, 2.24) is 5.32 Å². The molecule has 2 nitrogen and oxygen atoms in total. The lowest BCUT2D eigenvalue weighted by Crippen LogP contribution is -2.35. The Labute approximate surface area is 68.3 Å². The first kappa shape index (κ1) is 8.58. The fraction of sp³-hybridized carbons (Fsp3) is 0.778. The topological polar surface area (TPSA) is 21.3 Å². The molecule has 0 aromatic rings. The van der Waals surface area contributed by atoms with Crippen LogP contribution in [0.3, 0.4) is 0 Å². The van der Waals surface area contributed by atoms with Crippen molar-refractivity contribution >= 4 is 0 Å². The predicted octanol–water partition coefficient (Wildman–Crippen LogP) is 0.634. The van der Waals surface area contributed by atoms with E-state index in [-0.39, 0.29) is 6.04 Å². The molecular weight excluding hydrogens is 138 g/mol. The van der Waals surface area contributed by atoms with Crippen LogP contribution in [0.25, 0.3) is 0 Å². The van der Waals surface area contributed by atoms with Gasteiger partial charge in [-0.2, -0.15) is 0 Å². The minimum atomic E-state index is 0.235. The summed E-state index contributed by atoms with van der Waals surface area (Å²) in [5.41, 5.74) is 0. The van der Waals surface area contributed by atoms with Crippen LogP contribution in [-0.4, -0.2) is 26.3 Å². The molecule has 1 unspecified atom stereocenters. The maximum atomic E-state index is 5.36. The highest BCUT2D eigenvalue weighted by Gasteiger charge is 2.20. The minimum Gasteiger partial charge on any atom is -0.381 e. The van der Waals surface area contributed by atoms with E-state index in [9.17, 15) is 0 Å². The van der Waals surface area contributed by atoms with E-state index in [4.69, 9.17) is 11.2 Å². The van der Waals surface area contributed by atoms with Crippen molar-refractivity contribution in [3.8, 4) is 12.3 Å². The fourth-order valence-corrected chi connectivity index (χ4v) is 1.50. The molecule has 0 amide bonds. The van der Waals surface area contributed by atoms with Crippen LogP contribution in [0.2, 0.25) is 0 Å². The van der Waals surface area contributed by atoms with Gasteiger partial charge in [-0.05, 0) is 25.8 Å². The molecule has 1 aliphatic heterocycles. The van der Waals surface area contributed by atoms with Crippen LogP contribution in [0.15, 0.2) is 0 Å². The zero-order valence-corrected chi connectivity index (χ0v) is 6.97. The minimum absolute atomic E-state index is 0.235. The van der Waals surface area contributed by atoms with Gasteiger partial charge in [-0.25, -0.2) is 0 Å². The monoisotopic (exact) mass is 153 g/mol. The molecule has 0 spiro atoms. The van der Waals surface area contributed by atoms with Gasteiger partial charge in [-0.3, -0.25) is 0 Å². The van der Waals surface area contributed by atoms with Crippen LogP contribution in [0.4, 0.5) is 0 Å². The summed E-state index contributed by atoms with van der Waals surface area (Å²) in [6, 6.07) is 0.235. The summed E-state index contributed by atoms with van der Waals surface area (Å²) in [7, 11) is 1.92. The van der Waals surface area contributed by atoms with Crippen LogP contribution in [-0.2, 0) is 4.74 Å². The van der Waals surface area contributed by atoms with Crippen LogP contribution in [0.1, 0.15) is 12.8 Å². The third-order valence-corrected chi connectivity index (χ3v) is 2.23. The quantitative estimate of drug-likeness (QED) is 0.588. The van der Waals surface area contributed by atoms with Crippen molar-refractivity contribution < 1.29 is 4.74 Å². The molecule has 2 heteroatoms. The Morgan fingerprint density at radius 3 is 2.64 bits per heavy atom. The van der Waals surface area contributed by atoms with Gasteiger partial charge >= 0.3 is 0 Å². The Kier molecular flexibility index (Phi) is 3.41. The second kappa shape index (κ2) is 4.38. The lowest BCUT2D eigenvalue weighted by atomic mass is 9.92. The number of nitrogens with one attached hydrogen (secondary N) is 1. The largest absolute Gasteiger partial charge is 0.381 e. The van der Waals surface area contributed by atoms with Gasteiger partial charge in [-0.1, -0.05) is 5.92 Å². The molecule has 1 N–H and O–H groups in total. The number of terminal acetylenes is 1. The molecule has 1 atom stereocenters. The molecule has 0 aliphatic carbocycles. The van der Waals surface area contributed by atoms with Gasteiger partial charge in [0.15, 0.2) is 0 Å². The molecule has 0 radical (unpaired) electrons. The maximum absolute atomic E-state index is 5.36. The SMILES string of the molecule is C#CC(NC)C1CCOCC1. The first-order chi connectivity index (χ1) is 5.38. The third kappa shape index (κ3) is 2.21. The molecule has 1 fully saturated rings. The van der Waals surface area contributed by atoms with Crippen molar-refractivity contribution in [3.63, 3.8) is 0 Å². The number of hydrogen-bond acceptors (Lipinski definition) is 2. The molecule has 0 saturated carbocycles. The smallest absolute Gasteiger partial charge is 0.0714 e. The van der Waals surface area contributed by atoms with Crippen LogP contribution in [0.5, 0.6) is 0 Å². The summed E-state index contributed by atoms with van der Waals surface area (Å²) >= 11 is 0. The summed E-state index contributed by atoms with van der Waals surface area (Å²) in [5, 5.41) is 3.13. The Balaban J connectivity index is 2.38. The molecule has 1 heterocycles. The molecule has 1 saturated heterocycles. The normalized spacial score (nSPS) is 22.5. The molecule has 0 bridgehead atoms. The van der Waals surface area contributed by atoms with E-state index >= 15 is 0 Å². The third-order valence-electron chi connectivity index (χ3n) is 2.23. The summed E-state index contributed by atoms with van der Waals surface area (Å²) in [5.74, 6) is 3.36. The van der Waals surface area contributed by atoms with E-state index in [0.717, 1.165) is 26.1 Å². The predicted molar refractivity (Wildman–Crippen MR) is 45.2 cm³/mol. The van der Waals surface area contributed by atoms with Crippen molar-refractivity contribution in [2.45, 2.75) is 18.9 Å². The lowest BCUT2D eigenvalue weighted by molar-refractivity contribution is 0.0609. The zero-order valence-electron chi connectivity index (χ0n) is 6.97. The van der Waals surface area contributed by atoms with Gasteiger partial charge in [0.05, 0.1) is 6.04 Å². The van der Waals surface area contributed by atoms with Gasteiger partial charge in [0.2, 0.25) is 0 Å². The standard InChI is InChI=1S/C9H15NO/c1-3-9(10-2)8-4-6-11-7-5-8/h1,8-10H,4-7H2,2H3. The highest BCUT2D eigenvalue weighted by Crippen LogP contribution is 2.17. The zero-order chi connectivity index (χ0) is 8.10. The second-order valence-electron chi connectivity index (χ2n) is 2.88. The van der Waals surface area contributed by atoms with Crippen molar-refractivity contribution in [1.29, 1.82) is 0 Å². The van der Waals surface area contributed by atoms with E-state index < -0.39 is 0 Å². The van der Waals surface area contributed by atoms with E-state index in [0.29, 0.717) is 5.92 Å². The summed E-state index contributed by atoms with van der Waals surface area (Å²) < 4.78 is 5.24. The van der Waals surface area contributed by atoms with Crippen molar-refractivity contribution in [2.75, 3.05) is 20.3 Å². The van der Waals surface area contributed by atoms with Crippen LogP contribution in [0, 0.1) is 18.3 Å². The van der Waals surface area contributed by atoms with Gasteiger partial charge in [0.1, 0.15) is 0 Å². The molecular formula is C9H15NO. The fourth-order valence-electron chi connectivity index (χ4n) is 1.50. The lowest BCUT2D eigenvalue weighted by Gasteiger charge is -2.26. The average Bonchev–Trinajstić information content (AvgIpc) is 2.09. The Morgan fingerprint density at radius 2 is 2.18 bits per heavy atom. The molecule has 1 aliphatic rings. The summed E-state index contributed by atoms with van der Waals surface area (Å²) in [4.78, 5) is 0. The number of ether oxygens (including phenoxy) is 1. The molecule has 62 valence electrons. The van der Waals surface area contributed by atoms with Crippen molar-refractivity contribution in [2.24, 2.45) is 5.92 Å². The Hall–Kier alpha value is -0.520. The van der Waals surface area contributed by atoms with E-state index in [2.05, 4.69) is 11.2 Å².